The predicted octanol–water partition coefficient (Wildman–Crippen LogP) is 0.752. The second kappa shape index (κ2) is 3.37. The Morgan fingerprint density at radius 3 is 3.10 bits per heavy atom. The molecule has 2 N–H and O–H groups in total. The summed E-state index contributed by atoms with van der Waals surface area (Å²) in [5, 5.41) is 0. The average Bonchev–Trinajstić information content (AvgIpc) is 2.36. The van der Waals surface area contributed by atoms with Gasteiger partial charge in [0.1, 0.15) is 5.82 Å². The van der Waals surface area contributed by atoms with E-state index in [-0.39, 0.29) is 0 Å². The van der Waals surface area contributed by atoms with Crippen LogP contribution in [0.15, 0.2) is 12.4 Å². The summed E-state index contributed by atoms with van der Waals surface area (Å²) in [6.07, 6.45) is 4.88. The van der Waals surface area contributed by atoms with Crippen LogP contribution in [0.25, 0.3) is 0 Å². The van der Waals surface area contributed by atoms with Crippen LogP contribution in [0.3, 0.4) is 0 Å². The van der Waals surface area contributed by atoms with E-state index in [9.17, 15) is 0 Å². The molecule has 3 heteroatoms. The summed E-state index contributed by atoms with van der Waals surface area (Å²) in [4.78, 5) is 4.09. The van der Waals surface area contributed by atoms with E-state index in [0.29, 0.717) is 6.54 Å². The summed E-state index contributed by atoms with van der Waals surface area (Å²) in [6.45, 7) is 3.69. The molecule has 0 spiro atoms. The highest BCUT2D eigenvalue weighted by molar-refractivity contribution is 4.90. The van der Waals surface area contributed by atoms with E-state index in [4.69, 9.17) is 5.73 Å². The van der Waals surface area contributed by atoms with Crippen molar-refractivity contribution >= 4 is 0 Å². The van der Waals surface area contributed by atoms with E-state index < -0.39 is 0 Å². The standard InChI is InChI=1S/C7H13N3/c1-2-4-10-5-3-9-7(10)6-8/h3,5H,2,4,6,8H2,1H3. The fraction of sp³-hybridized carbons (Fsp3) is 0.571. The van der Waals surface area contributed by atoms with Crippen molar-refractivity contribution in [3.63, 3.8) is 0 Å². The van der Waals surface area contributed by atoms with Gasteiger partial charge in [0.15, 0.2) is 0 Å². The van der Waals surface area contributed by atoms with Crippen LogP contribution in [-0.2, 0) is 13.1 Å². The first-order valence-electron chi connectivity index (χ1n) is 3.58. The SMILES string of the molecule is CCCn1ccnc1CN. The van der Waals surface area contributed by atoms with E-state index in [2.05, 4.69) is 16.5 Å². The van der Waals surface area contributed by atoms with Crippen LogP contribution in [-0.4, -0.2) is 9.55 Å². The summed E-state index contributed by atoms with van der Waals surface area (Å²) in [5.74, 6) is 0.974. The molecule has 1 aromatic heterocycles. The van der Waals surface area contributed by atoms with Gasteiger partial charge in [-0.1, -0.05) is 6.92 Å². The first-order chi connectivity index (χ1) is 4.88. The predicted molar refractivity (Wildman–Crippen MR) is 40.4 cm³/mol. The van der Waals surface area contributed by atoms with Crippen LogP contribution in [0.4, 0.5) is 0 Å². The minimum Gasteiger partial charge on any atom is -0.334 e. The topological polar surface area (TPSA) is 43.8 Å². The van der Waals surface area contributed by atoms with Gasteiger partial charge in [-0.2, -0.15) is 0 Å². The minimum atomic E-state index is 0.535. The third-order valence-corrected chi connectivity index (χ3v) is 1.45. The lowest BCUT2D eigenvalue weighted by Gasteiger charge is -2.01. The van der Waals surface area contributed by atoms with Crippen molar-refractivity contribution in [2.45, 2.75) is 26.4 Å². The summed E-state index contributed by atoms with van der Waals surface area (Å²) in [6, 6.07) is 0. The highest BCUT2D eigenvalue weighted by Gasteiger charge is 1.96. The monoisotopic (exact) mass is 139 g/mol. The molecule has 0 saturated heterocycles. The molecule has 56 valence electrons. The molecule has 0 aliphatic rings. The zero-order chi connectivity index (χ0) is 7.40. The van der Waals surface area contributed by atoms with Crippen LogP contribution in [0.2, 0.25) is 0 Å². The molecule has 0 aliphatic carbocycles. The normalized spacial score (nSPS) is 10.2. The van der Waals surface area contributed by atoms with E-state index in [1.807, 2.05) is 6.20 Å². The lowest BCUT2D eigenvalue weighted by atomic mass is 10.4. The van der Waals surface area contributed by atoms with E-state index in [0.717, 1.165) is 18.8 Å². The zero-order valence-corrected chi connectivity index (χ0v) is 6.25. The molecule has 0 atom stereocenters. The number of nitrogens with two attached hydrogens (primary N) is 1. The summed E-state index contributed by atoms with van der Waals surface area (Å²) >= 11 is 0. The molecular formula is C7H13N3. The molecule has 0 amide bonds. The molecule has 1 aromatic rings. The Kier molecular flexibility index (Phi) is 2.45. The van der Waals surface area contributed by atoms with Crippen molar-refractivity contribution in [3.05, 3.63) is 18.2 Å². The van der Waals surface area contributed by atoms with Gasteiger partial charge in [0.2, 0.25) is 0 Å². The zero-order valence-electron chi connectivity index (χ0n) is 6.25. The van der Waals surface area contributed by atoms with Crippen molar-refractivity contribution in [1.82, 2.24) is 9.55 Å². The lowest BCUT2D eigenvalue weighted by Crippen LogP contribution is -2.07. The Morgan fingerprint density at radius 2 is 2.50 bits per heavy atom. The second-order valence-corrected chi connectivity index (χ2v) is 2.24. The smallest absolute Gasteiger partial charge is 0.122 e. The van der Waals surface area contributed by atoms with Crippen molar-refractivity contribution in [1.29, 1.82) is 0 Å². The fourth-order valence-electron chi connectivity index (χ4n) is 0.974. The van der Waals surface area contributed by atoms with Gasteiger partial charge in [0, 0.05) is 18.9 Å². The van der Waals surface area contributed by atoms with Crippen molar-refractivity contribution in [2.24, 2.45) is 5.73 Å². The Hall–Kier alpha value is -0.830. The number of hydrogen-bond acceptors (Lipinski definition) is 2. The number of aromatic nitrogens is 2. The fourth-order valence-corrected chi connectivity index (χ4v) is 0.974. The Balaban J connectivity index is 2.70. The van der Waals surface area contributed by atoms with E-state index >= 15 is 0 Å². The van der Waals surface area contributed by atoms with Crippen LogP contribution >= 0.6 is 0 Å². The van der Waals surface area contributed by atoms with Gasteiger partial charge in [0.05, 0.1) is 6.54 Å². The van der Waals surface area contributed by atoms with Gasteiger partial charge in [0.25, 0.3) is 0 Å². The molecule has 3 nitrogen and oxygen atoms in total. The number of nitrogens with zero attached hydrogens (tertiary/aromatic N) is 2. The molecule has 0 aliphatic heterocycles. The van der Waals surface area contributed by atoms with E-state index in [1.54, 1.807) is 6.20 Å². The Morgan fingerprint density at radius 1 is 1.70 bits per heavy atom. The first kappa shape index (κ1) is 7.28. The quantitative estimate of drug-likeness (QED) is 0.671. The average molecular weight is 139 g/mol. The maximum atomic E-state index is 5.44. The summed E-state index contributed by atoms with van der Waals surface area (Å²) in [5.41, 5.74) is 5.44. The van der Waals surface area contributed by atoms with Gasteiger partial charge in [-0.05, 0) is 6.42 Å². The number of rotatable bonds is 3. The highest BCUT2D eigenvalue weighted by Crippen LogP contribution is 1.96. The molecule has 1 rings (SSSR count). The largest absolute Gasteiger partial charge is 0.334 e. The molecule has 0 radical (unpaired) electrons. The molecule has 0 aromatic carbocycles. The Labute approximate surface area is 60.9 Å². The summed E-state index contributed by atoms with van der Waals surface area (Å²) in [7, 11) is 0. The number of hydrogen-bond donors (Lipinski definition) is 1. The van der Waals surface area contributed by atoms with E-state index in [1.165, 1.54) is 0 Å². The first-order valence-corrected chi connectivity index (χ1v) is 3.58. The van der Waals surface area contributed by atoms with Gasteiger partial charge in [-0.25, -0.2) is 4.98 Å². The highest BCUT2D eigenvalue weighted by atomic mass is 15.1. The van der Waals surface area contributed by atoms with Gasteiger partial charge in [-0.3, -0.25) is 0 Å². The molecule has 0 saturated carbocycles. The summed E-state index contributed by atoms with van der Waals surface area (Å²) < 4.78 is 2.08. The molecular weight excluding hydrogens is 126 g/mol. The lowest BCUT2D eigenvalue weighted by molar-refractivity contribution is 0.638. The van der Waals surface area contributed by atoms with Crippen molar-refractivity contribution in [3.8, 4) is 0 Å². The second-order valence-electron chi connectivity index (χ2n) is 2.24. The van der Waals surface area contributed by atoms with Crippen LogP contribution in [0, 0.1) is 0 Å². The van der Waals surface area contributed by atoms with Crippen LogP contribution < -0.4 is 5.73 Å². The number of imidazole rings is 1. The molecule has 0 bridgehead atoms. The minimum absolute atomic E-state index is 0.535. The maximum Gasteiger partial charge on any atom is 0.122 e. The third-order valence-electron chi connectivity index (χ3n) is 1.45. The van der Waals surface area contributed by atoms with Gasteiger partial charge >= 0.3 is 0 Å². The van der Waals surface area contributed by atoms with Crippen molar-refractivity contribution < 1.29 is 0 Å². The van der Waals surface area contributed by atoms with Crippen LogP contribution in [0.5, 0.6) is 0 Å². The van der Waals surface area contributed by atoms with Gasteiger partial charge < -0.3 is 10.3 Å². The third kappa shape index (κ3) is 1.36. The Bertz CT molecular complexity index is 192. The molecule has 10 heavy (non-hydrogen) atoms. The van der Waals surface area contributed by atoms with Crippen LogP contribution in [0.1, 0.15) is 19.2 Å². The maximum absolute atomic E-state index is 5.44. The molecule has 1 heterocycles. The molecule has 0 fully saturated rings. The van der Waals surface area contributed by atoms with Gasteiger partial charge in [-0.15, -0.1) is 0 Å². The number of aryl methyl sites for hydroxylation is 1. The van der Waals surface area contributed by atoms with Crippen molar-refractivity contribution in [2.75, 3.05) is 0 Å². The molecule has 0 unspecified atom stereocenters.